The number of nitrogens with one attached hydrogen (secondary N) is 1. The maximum absolute atomic E-state index is 10.6. The Balaban J connectivity index is 0.000000307. The van der Waals surface area contributed by atoms with Crippen molar-refractivity contribution >= 4 is 40.5 Å². The summed E-state index contributed by atoms with van der Waals surface area (Å²) in [5.41, 5.74) is 11.7. The van der Waals surface area contributed by atoms with Crippen LogP contribution < -0.4 is 16.0 Å². The van der Waals surface area contributed by atoms with E-state index >= 15 is 0 Å². The number of piperidine rings is 2. The third-order valence-corrected chi connectivity index (χ3v) is 7.59. The van der Waals surface area contributed by atoms with E-state index in [2.05, 4.69) is 43.3 Å². The first kappa shape index (κ1) is 42.8. The summed E-state index contributed by atoms with van der Waals surface area (Å²) < 4.78 is 103. The van der Waals surface area contributed by atoms with Gasteiger partial charge in [0.2, 0.25) is 5.89 Å². The monoisotopic (exact) mass is 785 g/mol. The van der Waals surface area contributed by atoms with Crippen LogP contribution in [0, 0.1) is 0 Å². The average Bonchev–Trinajstić information content (AvgIpc) is 3.77. The smallest absolute Gasteiger partial charge is 0.475 e. The standard InChI is InChI=1S/C25H29N7O.3C2HF3O2/c26-24-21(12-17(14-28-24)18-15-29-32(16-18)19-6-8-27-9-7-19)25-30-22-5-4-20(13-23(22)33-25)31-10-2-1-3-11-31;3*3-2(4,5)1(6)7/h4-5,12-16,19,27H,1-3,6-11H2,(H2,26,28);3*(H,6,7). The molecule has 0 saturated carbocycles. The molecule has 2 aliphatic heterocycles. The number of anilines is 2. The zero-order valence-corrected chi connectivity index (χ0v) is 27.7. The first-order valence-corrected chi connectivity index (χ1v) is 15.6. The van der Waals surface area contributed by atoms with Crippen molar-refractivity contribution in [2.45, 2.75) is 56.7 Å². The summed E-state index contributed by atoms with van der Waals surface area (Å²) >= 11 is 0. The molecule has 0 amide bonds. The van der Waals surface area contributed by atoms with Crippen molar-refractivity contribution in [1.29, 1.82) is 0 Å². The lowest BCUT2D eigenvalue weighted by Crippen LogP contribution is -2.29. The fourth-order valence-electron chi connectivity index (χ4n) is 4.94. The molecular weight excluding hydrogens is 753 g/mol. The molecule has 0 aliphatic carbocycles. The Morgan fingerprint density at radius 2 is 1.33 bits per heavy atom. The lowest BCUT2D eigenvalue weighted by molar-refractivity contribution is -0.193. The fraction of sp³-hybridized carbons (Fsp3) is 0.419. The van der Waals surface area contributed by atoms with Gasteiger partial charge >= 0.3 is 36.4 Å². The number of aromatic nitrogens is 4. The number of aliphatic carboxylic acids is 3. The lowest BCUT2D eigenvalue weighted by atomic mass is 10.1. The number of oxazole rings is 1. The summed E-state index contributed by atoms with van der Waals surface area (Å²) in [6, 6.07) is 8.69. The van der Waals surface area contributed by atoms with Crippen molar-refractivity contribution in [2.75, 3.05) is 36.8 Å². The molecule has 23 heteroatoms. The van der Waals surface area contributed by atoms with E-state index in [9.17, 15) is 39.5 Å². The highest BCUT2D eigenvalue weighted by Crippen LogP contribution is 2.33. The molecule has 0 radical (unpaired) electrons. The van der Waals surface area contributed by atoms with Crippen molar-refractivity contribution < 1.29 is 73.6 Å². The van der Waals surface area contributed by atoms with Gasteiger partial charge in [-0.1, -0.05) is 0 Å². The van der Waals surface area contributed by atoms with Crippen LogP contribution in [0.15, 0.2) is 47.3 Å². The third-order valence-electron chi connectivity index (χ3n) is 7.59. The number of carbonyl (C=O) groups is 3. The molecule has 54 heavy (non-hydrogen) atoms. The van der Waals surface area contributed by atoms with Gasteiger partial charge in [0, 0.05) is 48.4 Å². The number of halogens is 9. The fourth-order valence-corrected chi connectivity index (χ4v) is 4.94. The molecule has 2 saturated heterocycles. The maximum Gasteiger partial charge on any atom is 0.490 e. The molecule has 14 nitrogen and oxygen atoms in total. The van der Waals surface area contributed by atoms with Crippen LogP contribution >= 0.6 is 0 Å². The van der Waals surface area contributed by atoms with Crippen molar-refractivity contribution in [1.82, 2.24) is 25.1 Å². The molecule has 0 atom stereocenters. The van der Waals surface area contributed by atoms with Crippen molar-refractivity contribution in [3.63, 3.8) is 0 Å². The van der Waals surface area contributed by atoms with E-state index in [-0.39, 0.29) is 0 Å². The SMILES string of the molecule is Nc1ncc(-c2cnn(C3CCNCC3)c2)cc1-c1nc2ccc(N3CCCCC3)cc2o1.O=C(O)C(F)(F)F.O=C(O)C(F)(F)F.O=C(O)C(F)(F)F. The Bertz CT molecular complexity index is 1820. The molecule has 3 aromatic heterocycles. The van der Waals surface area contributed by atoms with Crippen LogP contribution in [-0.4, -0.2) is 97.7 Å². The third kappa shape index (κ3) is 12.5. The van der Waals surface area contributed by atoms with Crippen molar-refractivity contribution in [3.05, 3.63) is 42.9 Å². The second-order valence-electron chi connectivity index (χ2n) is 11.5. The number of hydrogen-bond donors (Lipinski definition) is 5. The van der Waals surface area contributed by atoms with E-state index in [1.54, 1.807) is 6.20 Å². The van der Waals surface area contributed by atoms with Gasteiger partial charge in [-0.3, -0.25) is 4.68 Å². The number of carboxylic acid groups (broad SMARTS) is 3. The molecule has 1 aromatic carbocycles. The number of hydrogen-bond acceptors (Lipinski definition) is 10. The Hall–Kier alpha value is -5.61. The number of nitrogens with zero attached hydrogens (tertiary/aromatic N) is 5. The van der Waals surface area contributed by atoms with E-state index < -0.39 is 36.4 Å². The normalized spacial score (nSPS) is 15.2. The number of pyridine rings is 1. The molecule has 0 unspecified atom stereocenters. The first-order valence-electron chi connectivity index (χ1n) is 15.6. The number of benzene rings is 1. The van der Waals surface area contributed by atoms with Gasteiger partial charge in [-0.05, 0) is 63.4 Å². The maximum atomic E-state index is 10.6. The van der Waals surface area contributed by atoms with Crippen LogP contribution in [0.4, 0.5) is 51.0 Å². The van der Waals surface area contributed by atoms with Gasteiger partial charge in [-0.25, -0.2) is 24.4 Å². The Morgan fingerprint density at radius 1 is 0.796 bits per heavy atom. The van der Waals surface area contributed by atoms with E-state index in [4.69, 9.17) is 44.8 Å². The minimum Gasteiger partial charge on any atom is -0.475 e. The van der Waals surface area contributed by atoms with Gasteiger partial charge in [-0.2, -0.15) is 44.6 Å². The molecule has 0 spiro atoms. The summed E-state index contributed by atoms with van der Waals surface area (Å²) in [5, 5.41) is 29.4. The number of carboxylic acids is 3. The predicted octanol–water partition coefficient (Wildman–Crippen LogP) is 6.15. The molecule has 296 valence electrons. The second kappa shape index (κ2) is 17.9. The van der Waals surface area contributed by atoms with Gasteiger partial charge in [0.15, 0.2) is 5.58 Å². The van der Waals surface area contributed by atoms with Crippen molar-refractivity contribution in [3.8, 4) is 22.6 Å². The summed E-state index contributed by atoms with van der Waals surface area (Å²) in [5.74, 6) is -7.36. The average molecular weight is 786 g/mol. The van der Waals surface area contributed by atoms with Crippen LogP contribution in [0.5, 0.6) is 0 Å². The minimum atomic E-state index is -5.08. The van der Waals surface area contributed by atoms with E-state index in [0.717, 1.165) is 61.2 Å². The summed E-state index contributed by atoms with van der Waals surface area (Å²) in [6.07, 6.45) is -3.49. The molecule has 0 bridgehead atoms. The van der Waals surface area contributed by atoms with Crippen LogP contribution in [0.3, 0.4) is 0 Å². The number of fused-ring (bicyclic) bond motifs is 1. The van der Waals surface area contributed by atoms with E-state index in [1.807, 2.05) is 18.3 Å². The second-order valence-corrected chi connectivity index (χ2v) is 11.5. The molecule has 5 heterocycles. The highest BCUT2D eigenvalue weighted by molar-refractivity contribution is 5.83. The Kier molecular flexibility index (Phi) is 14.2. The van der Waals surface area contributed by atoms with Gasteiger partial charge in [0.25, 0.3) is 0 Å². The number of alkyl halides is 9. The number of rotatable bonds is 4. The predicted molar refractivity (Wildman–Crippen MR) is 171 cm³/mol. The highest BCUT2D eigenvalue weighted by Gasteiger charge is 2.39. The molecule has 6 rings (SSSR count). The van der Waals surface area contributed by atoms with E-state index in [1.165, 1.54) is 24.9 Å². The topological polar surface area (TPSA) is 210 Å². The molecule has 6 N–H and O–H groups in total. The minimum absolute atomic E-state index is 0.410. The summed E-state index contributed by atoms with van der Waals surface area (Å²) in [4.78, 5) is 38.3. The molecular formula is C31H32F9N7O7. The quantitative estimate of drug-likeness (QED) is 0.147. The van der Waals surface area contributed by atoms with Gasteiger partial charge in [-0.15, -0.1) is 0 Å². The number of nitrogens with two attached hydrogens (primary N) is 1. The molecule has 2 aliphatic rings. The van der Waals surface area contributed by atoms with Crippen LogP contribution in [0.1, 0.15) is 38.1 Å². The largest absolute Gasteiger partial charge is 0.490 e. The Labute approximate surface area is 298 Å². The van der Waals surface area contributed by atoms with Gasteiger partial charge in [0.1, 0.15) is 11.3 Å². The van der Waals surface area contributed by atoms with E-state index in [0.29, 0.717) is 23.3 Å². The molecule has 4 aromatic rings. The summed E-state index contributed by atoms with van der Waals surface area (Å²) in [7, 11) is 0. The van der Waals surface area contributed by atoms with Crippen LogP contribution in [-0.2, 0) is 14.4 Å². The summed E-state index contributed by atoms with van der Waals surface area (Å²) in [6.45, 7) is 4.25. The Morgan fingerprint density at radius 3 is 1.85 bits per heavy atom. The van der Waals surface area contributed by atoms with Gasteiger partial charge < -0.3 is 35.7 Å². The van der Waals surface area contributed by atoms with Crippen molar-refractivity contribution in [2.24, 2.45) is 0 Å². The van der Waals surface area contributed by atoms with Crippen LogP contribution in [0.25, 0.3) is 33.7 Å². The molecule has 2 fully saturated rings. The lowest BCUT2D eigenvalue weighted by Gasteiger charge is -2.28. The first-order chi connectivity index (χ1) is 25.1. The zero-order chi connectivity index (χ0) is 40.4. The highest BCUT2D eigenvalue weighted by atomic mass is 19.4. The van der Waals surface area contributed by atoms with Gasteiger partial charge in [0.05, 0.1) is 17.8 Å². The van der Waals surface area contributed by atoms with Crippen LogP contribution in [0.2, 0.25) is 0 Å². The zero-order valence-electron chi connectivity index (χ0n) is 27.7. The number of nitrogen functional groups attached to an aromatic ring is 1.